The third-order valence-corrected chi connectivity index (χ3v) is 6.57. The lowest BCUT2D eigenvalue weighted by atomic mass is 9.99. The number of carbonyl (C=O) groups is 2. The summed E-state index contributed by atoms with van der Waals surface area (Å²) in [4.78, 5) is 29.6. The first-order valence-electron chi connectivity index (χ1n) is 14.1. The molecule has 2 aliphatic heterocycles. The largest absolute Gasteiger partial charge is 0.493 e. The highest BCUT2D eigenvalue weighted by atomic mass is 19.1. The van der Waals surface area contributed by atoms with Gasteiger partial charge in [-0.3, -0.25) is 9.78 Å². The molecule has 3 aromatic rings. The first kappa shape index (κ1) is 30.6. The highest BCUT2D eigenvalue weighted by molar-refractivity contribution is 5.94. The molecule has 2 aromatic carbocycles. The number of nitrogens with one attached hydrogen (secondary N) is 1. The molecule has 5 rings (SSSR count). The Morgan fingerprint density at radius 3 is 2.60 bits per heavy atom. The molecule has 224 valence electrons. The summed E-state index contributed by atoms with van der Waals surface area (Å²) in [7, 11) is 0. The summed E-state index contributed by atoms with van der Waals surface area (Å²) in [5, 5.41) is 2.69. The van der Waals surface area contributed by atoms with E-state index < -0.39 is 11.4 Å². The van der Waals surface area contributed by atoms with E-state index in [2.05, 4.69) is 10.3 Å². The Kier molecular flexibility index (Phi) is 10.6. The number of piperidine rings is 1. The number of rotatable bonds is 7. The summed E-state index contributed by atoms with van der Waals surface area (Å²) >= 11 is 0. The number of aromatic nitrogens is 1. The van der Waals surface area contributed by atoms with Crippen molar-refractivity contribution in [3.63, 3.8) is 0 Å². The number of pyridine rings is 1. The van der Waals surface area contributed by atoms with E-state index in [0.29, 0.717) is 37.8 Å². The lowest BCUT2D eigenvalue weighted by Crippen LogP contribution is -2.44. The number of halogens is 1. The first-order valence-corrected chi connectivity index (χ1v) is 14.1. The quantitative estimate of drug-likeness (QED) is 0.387. The SMILES string of the molecule is CC(C)(C)OC(=O)N1CCCC(COc2ccc3c(c2)OCO3)C1.O=C(NCCc1ccncc1)c1ccccc1F. The highest BCUT2D eigenvalue weighted by Crippen LogP contribution is 2.35. The van der Waals surface area contributed by atoms with Crippen molar-refractivity contribution in [2.75, 3.05) is 33.0 Å². The van der Waals surface area contributed by atoms with Crippen LogP contribution in [0.3, 0.4) is 0 Å². The summed E-state index contributed by atoms with van der Waals surface area (Å²) < 4.78 is 35.3. The van der Waals surface area contributed by atoms with E-state index in [9.17, 15) is 14.0 Å². The fourth-order valence-corrected chi connectivity index (χ4v) is 4.48. The van der Waals surface area contributed by atoms with Crippen molar-refractivity contribution in [2.24, 2.45) is 5.92 Å². The van der Waals surface area contributed by atoms with E-state index in [-0.39, 0.29) is 24.4 Å². The maximum Gasteiger partial charge on any atom is 0.410 e. The summed E-state index contributed by atoms with van der Waals surface area (Å²) in [6.07, 6.45) is 5.87. The molecule has 2 amide bonds. The summed E-state index contributed by atoms with van der Waals surface area (Å²) in [6.45, 7) is 8.36. The molecule has 9 nitrogen and oxygen atoms in total. The van der Waals surface area contributed by atoms with Gasteiger partial charge < -0.3 is 29.2 Å². The molecule has 0 spiro atoms. The van der Waals surface area contributed by atoms with Crippen LogP contribution < -0.4 is 19.5 Å². The predicted octanol–water partition coefficient (Wildman–Crippen LogP) is 5.63. The standard InChI is InChI=1S/C18H25NO5.C14H13FN2O/c1-18(2,3)24-17(20)19-8-4-5-13(10-19)11-21-14-6-7-15-16(9-14)23-12-22-15;15-13-4-2-1-3-12(13)14(18)17-10-7-11-5-8-16-9-6-11/h6-7,9,13H,4-5,8,10-12H2,1-3H3;1-6,8-9H,7,10H2,(H,17,18). The molecule has 0 bridgehead atoms. The van der Waals surface area contributed by atoms with Crippen LogP contribution in [-0.2, 0) is 11.2 Å². The van der Waals surface area contributed by atoms with E-state index in [1.807, 2.05) is 51.1 Å². The van der Waals surface area contributed by atoms with E-state index in [1.54, 1.807) is 29.4 Å². The van der Waals surface area contributed by atoms with Gasteiger partial charge in [0.2, 0.25) is 6.79 Å². The van der Waals surface area contributed by atoms with Gasteiger partial charge in [0.1, 0.15) is 17.2 Å². The number of benzene rings is 2. The number of ether oxygens (including phenoxy) is 4. The zero-order valence-corrected chi connectivity index (χ0v) is 24.3. The number of carbonyl (C=O) groups excluding carboxylic acids is 2. The second-order valence-electron chi connectivity index (χ2n) is 11.1. The second-order valence-corrected chi connectivity index (χ2v) is 11.1. The molecule has 10 heteroatoms. The van der Waals surface area contributed by atoms with E-state index in [1.165, 1.54) is 12.1 Å². The molecule has 1 atom stereocenters. The van der Waals surface area contributed by atoms with Crippen LogP contribution in [0.5, 0.6) is 17.2 Å². The normalized spacial score (nSPS) is 15.7. The predicted molar refractivity (Wildman–Crippen MR) is 155 cm³/mol. The van der Waals surface area contributed by atoms with Crippen LogP contribution in [0.15, 0.2) is 67.0 Å². The fourth-order valence-electron chi connectivity index (χ4n) is 4.48. The summed E-state index contributed by atoms with van der Waals surface area (Å²) in [6, 6.07) is 15.3. The molecule has 0 radical (unpaired) electrons. The molecular formula is C32H38FN3O6. The van der Waals surface area contributed by atoms with Crippen LogP contribution in [0.2, 0.25) is 0 Å². The Labute approximate surface area is 245 Å². The molecule has 3 heterocycles. The first-order chi connectivity index (χ1) is 20.2. The van der Waals surface area contributed by atoms with Crippen LogP contribution in [0.4, 0.5) is 9.18 Å². The van der Waals surface area contributed by atoms with Crippen molar-refractivity contribution >= 4 is 12.0 Å². The van der Waals surface area contributed by atoms with E-state index >= 15 is 0 Å². The molecule has 1 fully saturated rings. The van der Waals surface area contributed by atoms with Crippen molar-refractivity contribution < 1.29 is 32.9 Å². The van der Waals surface area contributed by atoms with Gasteiger partial charge in [-0.25, -0.2) is 9.18 Å². The monoisotopic (exact) mass is 579 g/mol. The van der Waals surface area contributed by atoms with Gasteiger partial charge in [0, 0.05) is 44.0 Å². The zero-order chi connectivity index (χ0) is 30.0. The molecule has 2 aliphatic rings. The Morgan fingerprint density at radius 1 is 1.07 bits per heavy atom. The smallest absolute Gasteiger partial charge is 0.410 e. The minimum absolute atomic E-state index is 0.0761. The molecule has 1 N–H and O–H groups in total. The van der Waals surface area contributed by atoms with Crippen molar-refractivity contribution in [3.05, 3.63) is 83.9 Å². The maximum absolute atomic E-state index is 13.3. The van der Waals surface area contributed by atoms with Gasteiger partial charge in [-0.15, -0.1) is 0 Å². The molecule has 1 unspecified atom stereocenters. The summed E-state index contributed by atoms with van der Waals surface area (Å²) in [5.41, 5.74) is 0.693. The van der Waals surface area contributed by atoms with Gasteiger partial charge in [-0.05, 0) is 82.0 Å². The number of amides is 2. The zero-order valence-electron chi connectivity index (χ0n) is 24.3. The Balaban J connectivity index is 0.000000201. The topological polar surface area (TPSA) is 99.2 Å². The van der Waals surface area contributed by atoms with Gasteiger partial charge in [0.25, 0.3) is 5.91 Å². The molecule has 0 saturated carbocycles. The minimum Gasteiger partial charge on any atom is -0.493 e. The Bertz CT molecular complexity index is 1330. The van der Waals surface area contributed by atoms with Crippen molar-refractivity contribution in [1.29, 1.82) is 0 Å². The minimum atomic E-state index is -0.501. The molecular weight excluding hydrogens is 541 g/mol. The average molecular weight is 580 g/mol. The molecule has 42 heavy (non-hydrogen) atoms. The lowest BCUT2D eigenvalue weighted by Gasteiger charge is -2.34. The highest BCUT2D eigenvalue weighted by Gasteiger charge is 2.28. The molecule has 1 saturated heterocycles. The maximum atomic E-state index is 13.3. The number of fused-ring (bicyclic) bond motifs is 1. The lowest BCUT2D eigenvalue weighted by molar-refractivity contribution is 0.0139. The number of nitrogens with zero attached hydrogens (tertiary/aromatic N) is 2. The number of hydrogen-bond donors (Lipinski definition) is 1. The van der Waals surface area contributed by atoms with Crippen LogP contribution >= 0.6 is 0 Å². The van der Waals surface area contributed by atoms with Crippen LogP contribution in [0.25, 0.3) is 0 Å². The van der Waals surface area contributed by atoms with Crippen molar-refractivity contribution in [3.8, 4) is 17.2 Å². The number of likely N-dealkylation sites (tertiary alicyclic amines) is 1. The van der Waals surface area contributed by atoms with Crippen LogP contribution in [0, 0.1) is 11.7 Å². The van der Waals surface area contributed by atoms with E-state index in [0.717, 1.165) is 36.4 Å². The van der Waals surface area contributed by atoms with Gasteiger partial charge >= 0.3 is 6.09 Å². The fraction of sp³-hybridized carbons (Fsp3) is 0.406. The number of hydrogen-bond acceptors (Lipinski definition) is 7. The van der Waals surface area contributed by atoms with Crippen LogP contribution in [0.1, 0.15) is 49.5 Å². The van der Waals surface area contributed by atoms with Crippen molar-refractivity contribution in [2.45, 2.75) is 45.6 Å². The molecule has 0 aliphatic carbocycles. The average Bonchev–Trinajstić information content (AvgIpc) is 3.45. The molecule has 1 aromatic heterocycles. The van der Waals surface area contributed by atoms with Gasteiger partial charge in [-0.2, -0.15) is 0 Å². The Hall–Kier alpha value is -4.34. The summed E-state index contributed by atoms with van der Waals surface area (Å²) in [5.74, 6) is 1.63. The second kappa shape index (κ2) is 14.5. The van der Waals surface area contributed by atoms with Gasteiger partial charge in [0.05, 0.1) is 12.2 Å². The van der Waals surface area contributed by atoms with E-state index in [4.69, 9.17) is 18.9 Å². The van der Waals surface area contributed by atoms with Gasteiger partial charge in [-0.1, -0.05) is 12.1 Å². The van der Waals surface area contributed by atoms with Crippen molar-refractivity contribution in [1.82, 2.24) is 15.2 Å². The third-order valence-electron chi connectivity index (χ3n) is 6.57. The van der Waals surface area contributed by atoms with Gasteiger partial charge in [0.15, 0.2) is 11.5 Å². The third kappa shape index (κ3) is 9.36. The van der Waals surface area contributed by atoms with Crippen LogP contribution in [-0.4, -0.2) is 60.5 Å². The Morgan fingerprint density at radius 2 is 1.83 bits per heavy atom.